The van der Waals surface area contributed by atoms with Crippen molar-refractivity contribution in [3.05, 3.63) is 17.5 Å². The molecule has 0 aromatic carbocycles. The highest BCUT2D eigenvalue weighted by molar-refractivity contribution is 5.15. The van der Waals surface area contributed by atoms with Crippen LogP contribution in [0.1, 0.15) is 36.9 Å². The molecule has 88 valence electrons. The van der Waals surface area contributed by atoms with E-state index in [-0.39, 0.29) is 0 Å². The maximum absolute atomic E-state index is 5.68. The van der Waals surface area contributed by atoms with Crippen LogP contribution in [0, 0.1) is 24.7 Å². The van der Waals surface area contributed by atoms with E-state index in [0.717, 1.165) is 24.3 Å². The van der Waals surface area contributed by atoms with Gasteiger partial charge in [-0.2, -0.15) is 5.10 Å². The maximum Gasteiger partial charge on any atom is 0.0537 e. The summed E-state index contributed by atoms with van der Waals surface area (Å²) in [5.41, 5.74) is 8.15. The Balaban J connectivity index is 1.72. The van der Waals surface area contributed by atoms with E-state index in [1.54, 1.807) is 0 Å². The van der Waals surface area contributed by atoms with Crippen LogP contribution in [0.5, 0.6) is 0 Å². The molecule has 3 nitrogen and oxygen atoms in total. The number of hydrogen-bond donors (Lipinski definition) is 1. The summed E-state index contributed by atoms with van der Waals surface area (Å²) in [4.78, 5) is 0. The van der Waals surface area contributed by atoms with Gasteiger partial charge >= 0.3 is 0 Å². The van der Waals surface area contributed by atoms with E-state index in [0.29, 0.717) is 6.54 Å². The Bertz CT molecular complexity index is 383. The van der Waals surface area contributed by atoms with Crippen molar-refractivity contribution in [3.8, 4) is 0 Å². The highest BCUT2D eigenvalue weighted by Crippen LogP contribution is 2.48. The van der Waals surface area contributed by atoms with Crippen molar-refractivity contribution in [1.82, 2.24) is 9.78 Å². The molecule has 2 fully saturated rings. The summed E-state index contributed by atoms with van der Waals surface area (Å²) >= 11 is 0. The molecule has 0 saturated heterocycles. The van der Waals surface area contributed by atoms with Crippen molar-refractivity contribution < 1.29 is 0 Å². The number of aromatic nitrogens is 2. The molecule has 2 aliphatic rings. The summed E-state index contributed by atoms with van der Waals surface area (Å²) in [6.07, 6.45) is 7.78. The van der Waals surface area contributed by atoms with Crippen LogP contribution in [0.3, 0.4) is 0 Å². The molecule has 2 saturated carbocycles. The predicted octanol–water partition coefficient (Wildman–Crippen LogP) is 2.09. The quantitative estimate of drug-likeness (QED) is 0.846. The molecular weight excluding hydrogens is 198 g/mol. The van der Waals surface area contributed by atoms with Gasteiger partial charge in [-0.25, -0.2) is 0 Å². The minimum Gasteiger partial charge on any atom is -0.326 e. The molecule has 0 spiro atoms. The van der Waals surface area contributed by atoms with Gasteiger partial charge < -0.3 is 5.73 Å². The average molecular weight is 219 g/mol. The van der Waals surface area contributed by atoms with Gasteiger partial charge in [0.05, 0.1) is 6.20 Å². The van der Waals surface area contributed by atoms with Gasteiger partial charge in [-0.3, -0.25) is 4.68 Å². The summed E-state index contributed by atoms with van der Waals surface area (Å²) in [6.45, 7) is 3.87. The van der Waals surface area contributed by atoms with E-state index >= 15 is 0 Å². The molecule has 1 heterocycles. The highest BCUT2D eigenvalue weighted by atomic mass is 15.3. The fraction of sp³-hybridized carbons (Fsp3) is 0.769. The molecule has 1 aromatic rings. The first kappa shape index (κ1) is 10.3. The monoisotopic (exact) mass is 219 g/mol. The number of hydrogen-bond acceptors (Lipinski definition) is 2. The van der Waals surface area contributed by atoms with Gasteiger partial charge in [0.2, 0.25) is 0 Å². The lowest BCUT2D eigenvalue weighted by molar-refractivity contribution is 0.283. The van der Waals surface area contributed by atoms with E-state index in [1.807, 2.05) is 6.20 Å². The van der Waals surface area contributed by atoms with Crippen LogP contribution in [0.2, 0.25) is 0 Å². The molecular formula is C13H21N3. The van der Waals surface area contributed by atoms with E-state index in [4.69, 9.17) is 5.73 Å². The van der Waals surface area contributed by atoms with Crippen LogP contribution in [0.15, 0.2) is 6.20 Å². The van der Waals surface area contributed by atoms with Crippen LogP contribution in [-0.4, -0.2) is 9.78 Å². The first-order valence-electron chi connectivity index (χ1n) is 6.49. The van der Waals surface area contributed by atoms with Crippen LogP contribution in [-0.2, 0) is 13.1 Å². The van der Waals surface area contributed by atoms with E-state index in [1.165, 1.54) is 36.9 Å². The molecule has 3 atom stereocenters. The average Bonchev–Trinajstić information content (AvgIpc) is 2.96. The normalized spacial score (nSPS) is 32.5. The summed E-state index contributed by atoms with van der Waals surface area (Å²) in [5.74, 6) is 2.89. The fourth-order valence-electron chi connectivity index (χ4n) is 3.69. The van der Waals surface area contributed by atoms with Crippen molar-refractivity contribution in [3.63, 3.8) is 0 Å². The van der Waals surface area contributed by atoms with Crippen molar-refractivity contribution >= 4 is 0 Å². The predicted molar refractivity (Wildman–Crippen MR) is 63.8 cm³/mol. The number of fused-ring (bicyclic) bond motifs is 2. The first-order valence-corrected chi connectivity index (χ1v) is 6.49. The van der Waals surface area contributed by atoms with Gasteiger partial charge in [0, 0.05) is 24.3 Å². The van der Waals surface area contributed by atoms with Crippen LogP contribution >= 0.6 is 0 Å². The Morgan fingerprint density at radius 1 is 1.44 bits per heavy atom. The van der Waals surface area contributed by atoms with Gasteiger partial charge in [-0.05, 0) is 43.9 Å². The molecule has 0 aliphatic heterocycles. The van der Waals surface area contributed by atoms with E-state index in [2.05, 4.69) is 16.7 Å². The Morgan fingerprint density at radius 3 is 2.88 bits per heavy atom. The molecule has 0 amide bonds. The Morgan fingerprint density at radius 2 is 2.31 bits per heavy atom. The molecule has 3 unspecified atom stereocenters. The molecule has 0 radical (unpaired) electrons. The highest BCUT2D eigenvalue weighted by Gasteiger charge is 2.39. The summed E-state index contributed by atoms with van der Waals surface area (Å²) in [5, 5.41) is 4.47. The topological polar surface area (TPSA) is 43.8 Å². The first-order chi connectivity index (χ1) is 7.78. The van der Waals surface area contributed by atoms with Crippen LogP contribution < -0.4 is 5.73 Å². The van der Waals surface area contributed by atoms with Gasteiger partial charge in [-0.1, -0.05) is 6.42 Å². The Hall–Kier alpha value is -0.830. The number of rotatable bonds is 3. The standard InChI is InChI=1S/C13H21N3/c1-9-13(6-14)7-15-16(9)8-12-5-10-2-3-11(12)4-10/h7,10-12H,2-6,8,14H2,1H3. The summed E-state index contributed by atoms with van der Waals surface area (Å²) in [6, 6.07) is 0. The third-order valence-electron chi connectivity index (χ3n) is 4.72. The number of nitrogens with two attached hydrogens (primary N) is 1. The molecule has 2 bridgehead atoms. The SMILES string of the molecule is Cc1c(CN)cnn1CC1CC2CCC1C2. The number of nitrogens with zero attached hydrogens (tertiary/aromatic N) is 2. The molecule has 2 N–H and O–H groups in total. The molecule has 1 aromatic heterocycles. The van der Waals surface area contributed by atoms with Crippen molar-refractivity contribution in [2.24, 2.45) is 23.5 Å². The van der Waals surface area contributed by atoms with Crippen LogP contribution in [0.4, 0.5) is 0 Å². The lowest BCUT2D eigenvalue weighted by Crippen LogP contribution is -2.19. The minimum atomic E-state index is 0.614. The smallest absolute Gasteiger partial charge is 0.0537 e. The molecule has 2 aliphatic carbocycles. The lowest BCUT2D eigenvalue weighted by atomic mass is 9.89. The minimum absolute atomic E-state index is 0.614. The zero-order valence-corrected chi connectivity index (χ0v) is 10.0. The Labute approximate surface area is 97.0 Å². The third kappa shape index (κ3) is 1.58. The second kappa shape index (κ2) is 3.88. The molecule has 3 rings (SSSR count). The maximum atomic E-state index is 5.68. The third-order valence-corrected chi connectivity index (χ3v) is 4.72. The lowest BCUT2D eigenvalue weighted by Gasteiger charge is -2.22. The van der Waals surface area contributed by atoms with Crippen molar-refractivity contribution in [2.75, 3.05) is 0 Å². The second-order valence-corrected chi connectivity index (χ2v) is 5.58. The fourth-order valence-corrected chi connectivity index (χ4v) is 3.69. The summed E-state index contributed by atoms with van der Waals surface area (Å²) < 4.78 is 2.17. The van der Waals surface area contributed by atoms with Gasteiger partial charge in [0.15, 0.2) is 0 Å². The van der Waals surface area contributed by atoms with E-state index < -0.39 is 0 Å². The summed E-state index contributed by atoms with van der Waals surface area (Å²) in [7, 11) is 0. The van der Waals surface area contributed by atoms with Crippen molar-refractivity contribution in [2.45, 2.75) is 45.7 Å². The van der Waals surface area contributed by atoms with Gasteiger partial charge in [0.1, 0.15) is 0 Å². The Kier molecular flexibility index (Phi) is 2.51. The zero-order chi connectivity index (χ0) is 11.1. The molecule has 16 heavy (non-hydrogen) atoms. The largest absolute Gasteiger partial charge is 0.326 e. The van der Waals surface area contributed by atoms with Crippen LogP contribution in [0.25, 0.3) is 0 Å². The molecule has 3 heteroatoms. The van der Waals surface area contributed by atoms with Crippen molar-refractivity contribution in [1.29, 1.82) is 0 Å². The second-order valence-electron chi connectivity index (χ2n) is 5.58. The zero-order valence-electron chi connectivity index (χ0n) is 10.0. The van der Waals surface area contributed by atoms with Gasteiger partial charge in [-0.15, -0.1) is 0 Å². The van der Waals surface area contributed by atoms with E-state index in [9.17, 15) is 0 Å². The van der Waals surface area contributed by atoms with Gasteiger partial charge in [0.25, 0.3) is 0 Å².